The van der Waals surface area contributed by atoms with E-state index in [0.29, 0.717) is 11.7 Å². The summed E-state index contributed by atoms with van der Waals surface area (Å²) in [6, 6.07) is 10.7. The van der Waals surface area contributed by atoms with Crippen molar-refractivity contribution in [1.82, 2.24) is 5.32 Å². The zero-order valence-corrected chi connectivity index (χ0v) is 12.5. The van der Waals surface area contributed by atoms with E-state index >= 15 is 0 Å². The van der Waals surface area contributed by atoms with Crippen LogP contribution in [0.15, 0.2) is 30.3 Å². The number of benzene rings is 1. The topological polar surface area (TPSA) is 46.2 Å². The highest BCUT2D eigenvalue weighted by molar-refractivity contribution is 7.91. The van der Waals surface area contributed by atoms with Crippen LogP contribution in [0, 0.1) is 5.92 Å². The van der Waals surface area contributed by atoms with E-state index in [0.717, 1.165) is 12.8 Å². The third kappa shape index (κ3) is 4.32. The molecule has 1 aliphatic heterocycles. The molecule has 3 nitrogen and oxygen atoms in total. The van der Waals surface area contributed by atoms with Crippen LogP contribution in [-0.4, -0.2) is 26.0 Å². The van der Waals surface area contributed by atoms with Crippen LogP contribution in [0.1, 0.15) is 38.3 Å². The van der Waals surface area contributed by atoms with Gasteiger partial charge in [-0.05, 0) is 24.3 Å². The zero-order valence-electron chi connectivity index (χ0n) is 11.7. The van der Waals surface area contributed by atoms with Gasteiger partial charge in [-0.25, -0.2) is 8.42 Å². The van der Waals surface area contributed by atoms with Crippen molar-refractivity contribution in [1.29, 1.82) is 0 Å². The molecule has 0 saturated carbocycles. The fraction of sp³-hybridized carbons (Fsp3) is 0.600. The van der Waals surface area contributed by atoms with Crippen molar-refractivity contribution in [3.8, 4) is 0 Å². The molecule has 0 aromatic heterocycles. The number of rotatable bonds is 5. The fourth-order valence-electron chi connectivity index (χ4n) is 2.67. The van der Waals surface area contributed by atoms with Crippen molar-refractivity contribution in [2.75, 3.05) is 11.5 Å². The Bertz CT molecular complexity index is 496. The molecule has 0 amide bonds. The second-order valence-corrected chi connectivity index (χ2v) is 8.09. The van der Waals surface area contributed by atoms with Crippen molar-refractivity contribution in [3.63, 3.8) is 0 Å². The summed E-state index contributed by atoms with van der Waals surface area (Å²) < 4.78 is 23.1. The molecule has 0 radical (unpaired) electrons. The van der Waals surface area contributed by atoms with Gasteiger partial charge in [-0.2, -0.15) is 0 Å². The standard InChI is InChI=1S/C15H23NO2S/c1-12(2)10-15(13-6-4-3-5-7-13)16-14-8-9-19(17,18)11-14/h3-7,12,14-16H,8-11H2,1-2H3. The van der Waals surface area contributed by atoms with Gasteiger partial charge in [0.15, 0.2) is 9.84 Å². The van der Waals surface area contributed by atoms with Crippen molar-refractivity contribution < 1.29 is 8.42 Å². The van der Waals surface area contributed by atoms with Gasteiger partial charge in [-0.1, -0.05) is 44.2 Å². The van der Waals surface area contributed by atoms with Crippen molar-refractivity contribution >= 4 is 9.84 Å². The van der Waals surface area contributed by atoms with Crippen LogP contribution >= 0.6 is 0 Å². The summed E-state index contributed by atoms with van der Waals surface area (Å²) in [5, 5.41) is 3.54. The predicted molar refractivity (Wildman–Crippen MR) is 78.8 cm³/mol. The second-order valence-electron chi connectivity index (χ2n) is 5.86. The lowest BCUT2D eigenvalue weighted by atomic mass is 9.96. The average molecular weight is 281 g/mol. The van der Waals surface area contributed by atoms with Crippen LogP contribution in [0.2, 0.25) is 0 Å². The molecule has 1 aromatic carbocycles. The van der Waals surface area contributed by atoms with E-state index in [2.05, 4.69) is 31.3 Å². The summed E-state index contributed by atoms with van der Waals surface area (Å²) >= 11 is 0. The predicted octanol–water partition coefficient (Wildman–Crippen LogP) is 2.55. The fourth-order valence-corrected chi connectivity index (χ4v) is 4.35. The molecule has 1 aliphatic rings. The molecular formula is C15H23NO2S. The van der Waals surface area contributed by atoms with Gasteiger partial charge in [0.25, 0.3) is 0 Å². The third-order valence-corrected chi connectivity index (χ3v) is 5.35. The molecule has 2 unspecified atom stereocenters. The summed E-state index contributed by atoms with van der Waals surface area (Å²) in [5.41, 5.74) is 1.25. The molecule has 4 heteroatoms. The highest BCUT2D eigenvalue weighted by atomic mass is 32.2. The van der Waals surface area contributed by atoms with Crippen LogP contribution in [-0.2, 0) is 9.84 Å². The molecule has 19 heavy (non-hydrogen) atoms. The summed E-state index contributed by atoms with van der Waals surface area (Å²) in [5.74, 6) is 1.19. The number of hydrogen-bond acceptors (Lipinski definition) is 3. The maximum atomic E-state index is 11.5. The van der Waals surface area contributed by atoms with E-state index in [1.165, 1.54) is 5.56 Å². The first-order valence-corrected chi connectivity index (χ1v) is 8.80. The van der Waals surface area contributed by atoms with E-state index in [-0.39, 0.29) is 17.8 Å². The minimum absolute atomic E-state index is 0.106. The van der Waals surface area contributed by atoms with Gasteiger partial charge >= 0.3 is 0 Å². The van der Waals surface area contributed by atoms with Crippen LogP contribution in [0.4, 0.5) is 0 Å². The van der Waals surface area contributed by atoms with Gasteiger partial charge in [0.05, 0.1) is 11.5 Å². The molecule has 1 N–H and O–H groups in total. The first-order chi connectivity index (χ1) is 8.96. The quantitative estimate of drug-likeness (QED) is 0.902. The Morgan fingerprint density at radius 3 is 2.47 bits per heavy atom. The Balaban J connectivity index is 2.07. The number of nitrogens with one attached hydrogen (secondary N) is 1. The first kappa shape index (κ1) is 14.5. The first-order valence-electron chi connectivity index (χ1n) is 6.98. The largest absolute Gasteiger partial charge is 0.306 e. The Kier molecular flexibility index (Phi) is 4.63. The van der Waals surface area contributed by atoms with Crippen LogP contribution < -0.4 is 5.32 Å². The summed E-state index contributed by atoms with van der Waals surface area (Å²) in [6.45, 7) is 4.39. The molecule has 1 heterocycles. The minimum atomic E-state index is -2.81. The Hall–Kier alpha value is -0.870. The normalized spacial score (nSPS) is 23.6. The molecule has 1 saturated heterocycles. The molecule has 0 bridgehead atoms. The Morgan fingerprint density at radius 1 is 1.26 bits per heavy atom. The third-order valence-electron chi connectivity index (χ3n) is 3.58. The van der Waals surface area contributed by atoms with Gasteiger partial charge in [0, 0.05) is 12.1 Å². The lowest BCUT2D eigenvalue weighted by Gasteiger charge is -2.24. The lowest BCUT2D eigenvalue weighted by molar-refractivity contribution is 0.392. The van der Waals surface area contributed by atoms with Crippen LogP contribution in [0.5, 0.6) is 0 Å². The Morgan fingerprint density at radius 2 is 1.95 bits per heavy atom. The van der Waals surface area contributed by atoms with Crippen LogP contribution in [0.3, 0.4) is 0 Å². The summed E-state index contributed by atoms with van der Waals surface area (Å²) in [7, 11) is -2.81. The molecule has 2 rings (SSSR count). The van der Waals surface area contributed by atoms with E-state index in [4.69, 9.17) is 0 Å². The molecule has 0 spiro atoms. The molecular weight excluding hydrogens is 258 g/mol. The van der Waals surface area contributed by atoms with Gasteiger partial charge in [-0.15, -0.1) is 0 Å². The maximum Gasteiger partial charge on any atom is 0.151 e. The van der Waals surface area contributed by atoms with Gasteiger partial charge in [0.1, 0.15) is 0 Å². The van der Waals surface area contributed by atoms with Crippen molar-refractivity contribution in [2.45, 2.75) is 38.8 Å². The highest BCUT2D eigenvalue weighted by Crippen LogP contribution is 2.24. The monoisotopic (exact) mass is 281 g/mol. The Labute approximate surface area is 116 Å². The summed E-state index contributed by atoms with van der Waals surface area (Å²) in [6.07, 6.45) is 1.77. The zero-order chi connectivity index (χ0) is 13.9. The molecule has 0 aliphatic carbocycles. The van der Waals surface area contributed by atoms with Gasteiger partial charge in [-0.3, -0.25) is 0 Å². The SMILES string of the molecule is CC(C)CC(NC1CCS(=O)(=O)C1)c1ccccc1. The average Bonchev–Trinajstić information content (AvgIpc) is 2.68. The van der Waals surface area contributed by atoms with E-state index in [1.54, 1.807) is 0 Å². The second kappa shape index (κ2) is 6.06. The summed E-state index contributed by atoms with van der Waals surface area (Å²) in [4.78, 5) is 0. The number of sulfone groups is 1. The van der Waals surface area contributed by atoms with Crippen LogP contribution in [0.25, 0.3) is 0 Å². The van der Waals surface area contributed by atoms with E-state index < -0.39 is 9.84 Å². The molecule has 1 fully saturated rings. The van der Waals surface area contributed by atoms with E-state index in [9.17, 15) is 8.42 Å². The minimum Gasteiger partial charge on any atom is -0.306 e. The van der Waals surface area contributed by atoms with Gasteiger partial charge in [0.2, 0.25) is 0 Å². The van der Waals surface area contributed by atoms with Gasteiger partial charge < -0.3 is 5.32 Å². The maximum absolute atomic E-state index is 11.5. The highest BCUT2D eigenvalue weighted by Gasteiger charge is 2.29. The lowest BCUT2D eigenvalue weighted by Crippen LogP contribution is -2.34. The van der Waals surface area contributed by atoms with E-state index in [1.807, 2.05) is 18.2 Å². The smallest absolute Gasteiger partial charge is 0.151 e. The van der Waals surface area contributed by atoms with Crippen molar-refractivity contribution in [3.05, 3.63) is 35.9 Å². The molecule has 106 valence electrons. The molecule has 1 aromatic rings. The number of hydrogen-bond donors (Lipinski definition) is 1. The van der Waals surface area contributed by atoms with Crippen molar-refractivity contribution in [2.24, 2.45) is 5.92 Å². The molecule has 2 atom stereocenters.